The van der Waals surface area contributed by atoms with Crippen molar-refractivity contribution in [2.45, 2.75) is 57.6 Å². The van der Waals surface area contributed by atoms with Crippen molar-refractivity contribution in [2.75, 3.05) is 5.88 Å². The van der Waals surface area contributed by atoms with Crippen molar-refractivity contribution in [3.05, 3.63) is 12.0 Å². The molecule has 0 saturated heterocycles. The molecule has 1 N–H and O–H groups in total. The number of aromatic nitrogens is 2. The molecule has 5 nitrogen and oxygen atoms in total. The molecule has 1 aromatic heterocycles. The summed E-state index contributed by atoms with van der Waals surface area (Å²) in [6.45, 7) is 8.23. The number of halogens is 1. The van der Waals surface area contributed by atoms with Crippen LogP contribution in [0.5, 0.6) is 0 Å². The van der Waals surface area contributed by atoms with Gasteiger partial charge in [0.1, 0.15) is 5.82 Å². The zero-order valence-electron chi connectivity index (χ0n) is 11.9. The van der Waals surface area contributed by atoms with Crippen molar-refractivity contribution < 1.29 is 8.42 Å². The summed E-state index contributed by atoms with van der Waals surface area (Å²) in [6.07, 6.45) is 2.82. The van der Waals surface area contributed by atoms with E-state index in [-0.39, 0.29) is 5.03 Å². The van der Waals surface area contributed by atoms with Crippen LogP contribution in [0.4, 0.5) is 0 Å². The molecule has 0 fully saturated rings. The molecule has 1 unspecified atom stereocenters. The van der Waals surface area contributed by atoms with Crippen molar-refractivity contribution in [3.63, 3.8) is 0 Å². The molecule has 0 aliphatic rings. The Bertz CT molecular complexity index is 527. The zero-order chi connectivity index (χ0) is 14.7. The topological polar surface area (TPSA) is 64.0 Å². The summed E-state index contributed by atoms with van der Waals surface area (Å²) in [5.41, 5.74) is -0.537. The quantitative estimate of drug-likeness (QED) is 0.786. The second-order valence-electron chi connectivity index (χ2n) is 4.87. The highest BCUT2D eigenvalue weighted by atomic mass is 35.5. The summed E-state index contributed by atoms with van der Waals surface area (Å²) in [4.78, 5) is 4.11. The van der Waals surface area contributed by atoms with Gasteiger partial charge in [-0.1, -0.05) is 6.92 Å². The van der Waals surface area contributed by atoms with E-state index < -0.39 is 15.6 Å². The third-order valence-corrected chi connectivity index (χ3v) is 5.08. The van der Waals surface area contributed by atoms with Crippen LogP contribution in [-0.4, -0.2) is 29.4 Å². The number of aryl methyl sites for hydroxylation is 2. The van der Waals surface area contributed by atoms with Crippen LogP contribution >= 0.6 is 11.6 Å². The first-order valence-electron chi connectivity index (χ1n) is 6.41. The number of rotatable bonds is 7. The molecule has 1 aromatic rings. The fourth-order valence-electron chi connectivity index (χ4n) is 1.81. The largest absolute Gasteiger partial charge is 0.334 e. The molecule has 0 radical (unpaired) electrons. The van der Waals surface area contributed by atoms with E-state index >= 15 is 0 Å². The molecule has 0 aromatic carbocycles. The van der Waals surface area contributed by atoms with Gasteiger partial charge in [0.15, 0.2) is 5.03 Å². The van der Waals surface area contributed by atoms with E-state index in [1.807, 2.05) is 20.8 Å². The highest BCUT2D eigenvalue weighted by molar-refractivity contribution is 7.89. The van der Waals surface area contributed by atoms with Gasteiger partial charge < -0.3 is 4.57 Å². The minimum Gasteiger partial charge on any atom is -0.334 e. The summed E-state index contributed by atoms with van der Waals surface area (Å²) in [5.74, 6) is 1.10. The number of alkyl halides is 1. The number of sulfonamides is 1. The van der Waals surface area contributed by atoms with Crippen LogP contribution in [0.25, 0.3) is 0 Å². The van der Waals surface area contributed by atoms with Crippen LogP contribution < -0.4 is 4.72 Å². The molecular formula is C12H22ClN3O2S. The predicted molar refractivity (Wildman–Crippen MR) is 77.0 cm³/mol. The monoisotopic (exact) mass is 307 g/mol. The van der Waals surface area contributed by atoms with Crippen LogP contribution in [0.15, 0.2) is 11.2 Å². The lowest BCUT2D eigenvalue weighted by Gasteiger charge is -2.27. The number of imidazole rings is 1. The normalized spacial score (nSPS) is 15.4. The van der Waals surface area contributed by atoms with Gasteiger partial charge in [0.05, 0.1) is 0 Å². The summed E-state index contributed by atoms with van der Waals surface area (Å²) in [7, 11) is -3.60. The third kappa shape index (κ3) is 3.94. The highest BCUT2D eigenvalue weighted by Gasteiger charge is 2.30. The van der Waals surface area contributed by atoms with Gasteiger partial charge in [0.25, 0.3) is 10.0 Å². The van der Waals surface area contributed by atoms with E-state index in [1.165, 1.54) is 0 Å². The molecule has 19 heavy (non-hydrogen) atoms. The molecule has 7 heteroatoms. The van der Waals surface area contributed by atoms with E-state index in [0.717, 1.165) is 0 Å². The first-order chi connectivity index (χ1) is 8.78. The molecule has 0 bridgehead atoms. The molecular weight excluding hydrogens is 286 g/mol. The van der Waals surface area contributed by atoms with E-state index in [9.17, 15) is 8.42 Å². The Balaban J connectivity index is 3.03. The minimum absolute atomic E-state index is 0.0705. The van der Waals surface area contributed by atoms with E-state index in [1.54, 1.807) is 17.7 Å². The van der Waals surface area contributed by atoms with Crippen molar-refractivity contribution >= 4 is 21.6 Å². The molecule has 0 aliphatic carbocycles. The van der Waals surface area contributed by atoms with Crippen LogP contribution in [0, 0.1) is 6.92 Å². The lowest BCUT2D eigenvalue weighted by Crippen LogP contribution is -2.45. The van der Waals surface area contributed by atoms with Gasteiger partial charge in [-0.25, -0.2) is 18.1 Å². The predicted octanol–water partition coefficient (Wildman–Crippen LogP) is 2.29. The first kappa shape index (κ1) is 16.5. The lowest BCUT2D eigenvalue weighted by atomic mass is 9.97. The van der Waals surface area contributed by atoms with Gasteiger partial charge in [-0.15, -0.1) is 11.6 Å². The summed E-state index contributed by atoms with van der Waals surface area (Å²) < 4.78 is 29.2. The maximum Gasteiger partial charge on any atom is 0.260 e. The Hall–Kier alpha value is -0.590. The number of nitrogens with zero attached hydrogens (tertiary/aromatic N) is 2. The second kappa shape index (κ2) is 6.24. The fourth-order valence-corrected chi connectivity index (χ4v) is 3.75. The second-order valence-corrected chi connectivity index (χ2v) is 6.88. The van der Waals surface area contributed by atoms with Gasteiger partial charge in [-0.05, 0) is 33.6 Å². The maximum atomic E-state index is 12.3. The van der Waals surface area contributed by atoms with Gasteiger partial charge in [-0.2, -0.15) is 0 Å². The lowest BCUT2D eigenvalue weighted by molar-refractivity contribution is 0.390. The Labute approximate surface area is 120 Å². The maximum absolute atomic E-state index is 12.3. The van der Waals surface area contributed by atoms with Crippen LogP contribution in [0.1, 0.15) is 39.4 Å². The SMILES string of the molecule is CCn1cc(S(=O)(=O)NC(C)(CC)CCCl)nc1C. The molecule has 0 aliphatic heterocycles. The van der Waals surface area contributed by atoms with Crippen molar-refractivity contribution in [2.24, 2.45) is 0 Å². The zero-order valence-corrected chi connectivity index (χ0v) is 13.5. The van der Waals surface area contributed by atoms with Crippen molar-refractivity contribution in [1.82, 2.24) is 14.3 Å². The first-order valence-corrected chi connectivity index (χ1v) is 8.43. The standard InChI is InChI=1S/C12H22ClN3O2S/c1-5-12(4,7-8-13)15-19(17,18)11-9-16(6-2)10(3)14-11/h9,15H,5-8H2,1-4H3. The van der Waals surface area contributed by atoms with Crippen LogP contribution in [-0.2, 0) is 16.6 Å². The average Bonchev–Trinajstić information content (AvgIpc) is 2.71. The van der Waals surface area contributed by atoms with Crippen molar-refractivity contribution in [1.29, 1.82) is 0 Å². The van der Waals surface area contributed by atoms with Gasteiger partial charge in [0, 0.05) is 24.2 Å². The number of nitrogens with one attached hydrogen (secondary N) is 1. The van der Waals surface area contributed by atoms with E-state index in [0.29, 0.717) is 31.1 Å². The van der Waals surface area contributed by atoms with E-state index in [4.69, 9.17) is 11.6 Å². The molecule has 1 rings (SSSR count). The van der Waals surface area contributed by atoms with Crippen LogP contribution in [0.3, 0.4) is 0 Å². The number of hydrogen-bond acceptors (Lipinski definition) is 3. The van der Waals surface area contributed by atoms with Crippen molar-refractivity contribution in [3.8, 4) is 0 Å². The molecule has 0 amide bonds. The van der Waals surface area contributed by atoms with Gasteiger partial charge >= 0.3 is 0 Å². The van der Waals surface area contributed by atoms with Gasteiger partial charge in [0.2, 0.25) is 0 Å². The molecule has 0 saturated carbocycles. The smallest absolute Gasteiger partial charge is 0.260 e. The molecule has 1 heterocycles. The number of hydrogen-bond donors (Lipinski definition) is 1. The fraction of sp³-hybridized carbons (Fsp3) is 0.750. The molecule has 1 atom stereocenters. The summed E-state index contributed by atoms with van der Waals surface area (Å²) in [5, 5.41) is 0.0705. The summed E-state index contributed by atoms with van der Waals surface area (Å²) >= 11 is 5.74. The molecule has 0 spiro atoms. The minimum atomic E-state index is -3.60. The Morgan fingerprint density at radius 1 is 1.47 bits per heavy atom. The Kier molecular flexibility index (Phi) is 5.41. The Morgan fingerprint density at radius 3 is 2.53 bits per heavy atom. The molecule has 110 valence electrons. The van der Waals surface area contributed by atoms with E-state index in [2.05, 4.69) is 9.71 Å². The third-order valence-electron chi connectivity index (χ3n) is 3.38. The Morgan fingerprint density at radius 2 is 2.11 bits per heavy atom. The highest BCUT2D eigenvalue weighted by Crippen LogP contribution is 2.19. The average molecular weight is 308 g/mol. The van der Waals surface area contributed by atoms with Gasteiger partial charge in [-0.3, -0.25) is 0 Å². The van der Waals surface area contributed by atoms with Crippen LogP contribution in [0.2, 0.25) is 0 Å². The summed E-state index contributed by atoms with van der Waals surface area (Å²) in [6, 6.07) is 0.